The Morgan fingerprint density at radius 1 is 0.579 bits per heavy atom. The van der Waals surface area contributed by atoms with E-state index >= 15 is 0 Å². The molecule has 0 fully saturated rings. The Balaban J connectivity index is -0.0000000865. The van der Waals surface area contributed by atoms with Gasteiger partial charge in [-0.15, -0.1) is 0 Å². The van der Waals surface area contributed by atoms with Crippen LogP contribution >= 0.6 is 0 Å². The van der Waals surface area contributed by atoms with E-state index in [0.717, 1.165) is 0 Å². The molecule has 6 nitrogen and oxygen atoms in total. The molecule has 0 amide bonds. The zero-order valence-corrected chi connectivity index (χ0v) is 9.68. The largest absolute Gasteiger partial charge is 3.00 e. The standard InChI is InChI=1S/3C2H2F2O2.Al/c3*3-1(4)2(5)6;/h3*1H,(H,5,6);/q;;;+3/p-3. The number of carboxylic acids is 3. The van der Waals surface area contributed by atoms with E-state index in [1.165, 1.54) is 0 Å². The summed E-state index contributed by atoms with van der Waals surface area (Å²) < 4.78 is 63.0. The zero-order valence-electron chi connectivity index (χ0n) is 8.53. The van der Waals surface area contributed by atoms with Crippen molar-refractivity contribution < 1.29 is 56.0 Å². The molecule has 0 bridgehead atoms. The summed E-state index contributed by atoms with van der Waals surface area (Å²) >= 11 is 0. The van der Waals surface area contributed by atoms with E-state index in [2.05, 4.69) is 0 Å². The number of alkyl halides is 6. The Morgan fingerprint density at radius 3 is 0.632 bits per heavy atom. The van der Waals surface area contributed by atoms with Crippen molar-refractivity contribution in [1.29, 1.82) is 0 Å². The summed E-state index contributed by atoms with van der Waals surface area (Å²) in [5, 5.41) is 26.5. The van der Waals surface area contributed by atoms with Crippen LogP contribution in [0.1, 0.15) is 0 Å². The van der Waals surface area contributed by atoms with E-state index in [1.807, 2.05) is 0 Å². The van der Waals surface area contributed by atoms with Gasteiger partial charge in [0.1, 0.15) is 17.9 Å². The number of halogens is 6. The maximum atomic E-state index is 10.5. The smallest absolute Gasteiger partial charge is 0.544 e. The summed E-state index contributed by atoms with van der Waals surface area (Å²) in [6.07, 6.45) is -10.0. The molecule has 0 aromatic carbocycles. The van der Waals surface area contributed by atoms with Crippen molar-refractivity contribution in [2.45, 2.75) is 19.3 Å². The minimum atomic E-state index is -3.34. The van der Waals surface area contributed by atoms with E-state index in [4.69, 9.17) is 29.7 Å². The van der Waals surface area contributed by atoms with Gasteiger partial charge in [0, 0.05) is 0 Å². The second-order valence-corrected chi connectivity index (χ2v) is 1.86. The fourth-order valence-electron chi connectivity index (χ4n) is 0. The van der Waals surface area contributed by atoms with E-state index in [1.54, 1.807) is 0 Å². The van der Waals surface area contributed by atoms with Gasteiger partial charge in [0.2, 0.25) is 0 Å². The summed E-state index contributed by atoms with van der Waals surface area (Å²) in [6.45, 7) is 0. The van der Waals surface area contributed by atoms with Crippen molar-refractivity contribution in [2.24, 2.45) is 0 Å². The first kappa shape index (κ1) is 26.2. The topological polar surface area (TPSA) is 120 Å². The van der Waals surface area contributed by atoms with E-state index in [0.29, 0.717) is 0 Å². The fraction of sp³-hybridized carbons (Fsp3) is 0.500. The quantitative estimate of drug-likeness (QED) is 0.396. The molecule has 0 aliphatic carbocycles. The minimum absolute atomic E-state index is 0. The van der Waals surface area contributed by atoms with Crippen molar-refractivity contribution >= 4 is 35.3 Å². The average molecular weight is 312 g/mol. The van der Waals surface area contributed by atoms with Gasteiger partial charge in [0.15, 0.2) is 0 Å². The molecule has 0 radical (unpaired) electrons. The Hall–Kier alpha value is -1.48. The minimum Gasteiger partial charge on any atom is -0.544 e. The van der Waals surface area contributed by atoms with Crippen LogP contribution in [0.4, 0.5) is 26.3 Å². The van der Waals surface area contributed by atoms with Crippen molar-refractivity contribution in [2.75, 3.05) is 0 Å². The monoisotopic (exact) mass is 312 g/mol. The molecule has 0 heterocycles. The summed E-state index contributed by atoms with van der Waals surface area (Å²) in [5.41, 5.74) is 0. The molecule has 13 heteroatoms. The first-order valence-corrected chi connectivity index (χ1v) is 3.40. The molecule has 0 aliphatic rings. The number of hydrogen-bond acceptors (Lipinski definition) is 6. The van der Waals surface area contributed by atoms with Gasteiger partial charge in [-0.05, 0) is 0 Å². The average Bonchev–Trinajstić information content (AvgIpc) is 2.18. The maximum absolute atomic E-state index is 10.5. The van der Waals surface area contributed by atoms with Gasteiger partial charge in [-0.2, -0.15) is 0 Å². The van der Waals surface area contributed by atoms with Crippen LogP contribution in [0.3, 0.4) is 0 Å². The number of carboxylic acid groups (broad SMARTS) is 3. The molecular formula is C6H3AlF6O6. The van der Waals surface area contributed by atoms with Crippen LogP contribution in [0.25, 0.3) is 0 Å². The predicted octanol–water partition coefficient (Wildman–Crippen LogP) is -3.38. The Bertz CT molecular complexity index is 230. The van der Waals surface area contributed by atoms with Crippen molar-refractivity contribution in [3.05, 3.63) is 0 Å². The van der Waals surface area contributed by atoms with Gasteiger partial charge in [-0.25, -0.2) is 26.3 Å². The summed E-state index contributed by atoms with van der Waals surface area (Å²) in [5.74, 6) is -6.97. The Kier molecular flexibility index (Phi) is 20.1. The van der Waals surface area contributed by atoms with Gasteiger partial charge < -0.3 is 29.7 Å². The molecule has 0 aliphatic heterocycles. The molecule has 0 rings (SSSR count). The van der Waals surface area contributed by atoms with E-state index in [9.17, 15) is 26.3 Å². The molecule has 0 spiro atoms. The summed E-state index contributed by atoms with van der Waals surface area (Å²) in [6, 6.07) is 0. The van der Waals surface area contributed by atoms with Gasteiger partial charge in [0.25, 0.3) is 19.3 Å². The molecular weight excluding hydrogens is 309 g/mol. The molecule has 0 unspecified atom stereocenters. The summed E-state index contributed by atoms with van der Waals surface area (Å²) in [4.78, 5) is 26.5. The van der Waals surface area contributed by atoms with E-state index in [-0.39, 0.29) is 17.4 Å². The van der Waals surface area contributed by atoms with Crippen LogP contribution in [0.5, 0.6) is 0 Å². The zero-order chi connectivity index (χ0) is 15.5. The molecule has 0 saturated carbocycles. The van der Waals surface area contributed by atoms with Crippen LogP contribution in [-0.4, -0.2) is 54.5 Å². The van der Waals surface area contributed by atoms with Crippen molar-refractivity contribution in [3.63, 3.8) is 0 Å². The second kappa shape index (κ2) is 14.6. The van der Waals surface area contributed by atoms with Crippen molar-refractivity contribution in [3.8, 4) is 0 Å². The molecule has 19 heavy (non-hydrogen) atoms. The Labute approximate surface area is 111 Å². The van der Waals surface area contributed by atoms with Crippen LogP contribution in [0, 0.1) is 0 Å². The first-order chi connectivity index (χ1) is 7.93. The summed E-state index contributed by atoms with van der Waals surface area (Å²) in [7, 11) is 0. The van der Waals surface area contributed by atoms with Crippen LogP contribution < -0.4 is 15.3 Å². The number of hydrogen-bond donors (Lipinski definition) is 0. The van der Waals surface area contributed by atoms with Crippen LogP contribution in [-0.2, 0) is 14.4 Å². The molecule has 0 saturated heterocycles. The third-order valence-electron chi connectivity index (χ3n) is 0.535. The number of carbonyl (C=O) groups is 3. The van der Waals surface area contributed by atoms with Gasteiger partial charge >= 0.3 is 17.4 Å². The molecule has 0 atom stereocenters. The van der Waals surface area contributed by atoms with Crippen molar-refractivity contribution in [1.82, 2.24) is 0 Å². The van der Waals surface area contributed by atoms with Crippen LogP contribution in [0.2, 0.25) is 0 Å². The normalized spacial score (nSPS) is 8.68. The Morgan fingerprint density at radius 2 is 0.632 bits per heavy atom. The molecule has 0 aromatic rings. The number of rotatable bonds is 3. The SMILES string of the molecule is O=C([O-])C(F)F.O=C([O-])C(F)F.O=C([O-])C(F)F.[Al+3]. The number of aliphatic carboxylic acids is 3. The van der Waals surface area contributed by atoms with Gasteiger partial charge in [-0.3, -0.25) is 0 Å². The second-order valence-electron chi connectivity index (χ2n) is 1.86. The fourth-order valence-corrected chi connectivity index (χ4v) is 0. The third kappa shape index (κ3) is 31.5. The molecule has 0 N–H and O–H groups in total. The maximum Gasteiger partial charge on any atom is 3.00 e. The molecule has 108 valence electrons. The van der Waals surface area contributed by atoms with Crippen LogP contribution in [0.15, 0.2) is 0 Å². The van der Waals surface area contributed by atoms with Gasteiger partial charge in [0.05, 0.1) is 0 Å². The first-order valence-electron chi connectivity index (χ1n) is 3.40. The van der Waals surface area contributed by atoms with Gasteiger partial charge in [-0.1, -0.05) is 0 Å². The molecule has 0 aromatic heterocycles. The third-order valence-corrected chi connectivity index (χ3v) is 0.535. The number of carbonyl (C=O) groups excluding carboxylic acids is 3. The van der Waals surface area contributed by atoms with E-state index < -0.39 is 37.2 Å². The predicted molar refractivity (Wildman–Crippen MR) is 38.8 cm³/mol.